The van der Waals surface area contributed by atoms with E-state index in [1.54, 1.807) is 12.1 Å². The number of likely N-dealkylation sites (N-methyl/N-ethyl adjacent to an activating group) is 1. The highest BCUT2D eigenvalue weighted by Crippen LogP contribution is 2.26. The van der Waals surface area contributed by atoms with E-state index in [4.69, 9.17) is 34.8 Å². The fourth-order valence-corrected chi connectivity index (χ4v) is 3.12. The number of amides is 1. The molecule has 3 nitrogen and oxygen atoms in total. The summed E-state index contributed by atoms with van der Waals surface area (Å²) in [5.41, 5.74) is 1.94. The predicted molar refractivity (Wildman–Crippen MR) is 101 cm³/mol. The van der Waals surface area contributed by atoms with Crippen molar-refractivity contribution in [2.75, 3.05) is 13.6 Å². The molecule has 0 aliphatic heterocycles. The van der Waals surface area contributed by atoms with Crippen molar-refractivity contribution < 1.29 is 4.79 Å². The maximum absolute atomic E-state index is 12.2. The van der Waals surface area contributed by atoms with Crippen molar-refractivity contribution in [3.05, 3.63) is 68.7 Å². The molecule has 0 bridgehead atoms. The summed E-state index contributed by atoms with van der Waals surface area (Å²) in [6.45, 7) is 2.85. The third-order valence-corrected chi connectivity index (χ3v) is 4.40. The number of carbonyl (C=O) groups excluding carboxylic acids is 1. The first-order chi connectivity index (χ1) is 11.3. The topological polar surface area (TPSA) is 32.3 Å². The molecule has 0 saturated heterocycles. The Labute approximate surface area is 157 Å². The molecule has 0 fully saturated rings. The zero-order valence-corrected chi connectivity index (χ0v) is 15.8. The van der Waals surface area contributed by atoms with Crippen molar-refractivity contribution in [2.24, 2.45) is 0 Å². The van der Waals surface area contributed by atoms with Crippen molar-refractivity contribution in [2.45, 2.75) is 19.5 Å². The maximum Gasteiger partial charge on any atom is 0.234 e. The van der Waals surface area contributed by atoms with Gasteiger partial charge in [0.25, 0.3) is 0 Å². The Morgan fingerprint density at radius 1 is 1.08 bits per heavy atom. The van der Waals surface area contributed by atoms with E-state index in [1.165, 1.54) is 0 Å². The van der Waals surface area contributed by atoms with Gasteiger partial charge in [0.2, 0.25) is 5.91 Å². The minimum atomic E-state index is -0.189. The van der Waals surface area contributed by atoms with Crippen LogP contribution in [0.3, 0.4) is 0 Å². The molecule has 0 aromatic heterocycles. The molecule has 0 aliphatic carbocycles. The van der Waals surface area contributed by atoms with Crippen LogP contribution >= 0.6 is 34.8 Å². The molecular formula is C18H19Cl3N2O. The van der Waals surface area contributed by atoms with Gasteiger partial charge < -0.3 is 5.32 Å². The smallest absolute Gasteiger partial charge is 0.234 e. The first kappa shape index (κ1) is 19.1. The summed E-state index contributed by atoms with van der Waals surface area (Å²) in [6, 6.07) is 12.7. The SMILES string of the molecule is C[C@H](NC(=O)CN(C)Cc1ccc(Cl)cc1)c1ccc(Cl)cc1Cl. The molecule has 128 valence electrons. The summed E-state index contributed by atoms with van der Waals surface area (Å²) in [4.78, 5) is 14.2. The van der Waals surface area contributed by atoms with Crippen LogP contribution in [0.1, 0.15) is 24.1 Å². The molecule has 6 heteroatoms. The lowest BCUT2D eigenvalue weighted by Crippen LogP contribution is -2.36. The Morgan fingerprint density at radius 2 is 1.71 bits per heavy atom. The quantitative estimate of drug-likeness (QED) is 0.762. The number of nitrogens with zero attached hydrogens (tertiary/aromatic N) is 1. The monoisotopic (exact) mass is 384 g/mol. The molecule has 0 radical (unpaired) electrons. The molecule has 2 aromatic rings. The highest BCUT2D eigenvalue weighted by Gasteiger charge is 2.14. The third kappa shape index (κ3) is 5.67. The highest BCUT2D eigenvalue weighted by atomic mass is 35.5. The lowest BCUT2D eigenvalue weighted by molar-refractivity contribution is -0.122. The van der Waals surface area contributed by atoms with Gasteiger partial charge >= 0.3 is 0 Å². The van der Waals surface area contributed by atoms with Crippen LogP contribution in [-0.2, 0) is 11.3 Å². The number of carbonyl (C=O) groups is 1. The largest absolute Gasteiger partial charge is 0.348 e. The minimum absolute atomic E-state index is 0.0648. The fraction of sp³-hybridized carbons (Fsp3) is 0.278. The molecule has 0 unspecified atom stereocenters. The van der Waals surface area contributed by atoms with Crippen molar-refractivity contribution in [1.29, 1.82) is 0 Å². The minimum Gasteiger partial charge on any atom is -0.348 e. The predicted octanol–water partition coefficient (Wildman–Crippen LogP) is 4.96. The van der Waals surface area contributed by atoms with Crippen molar-refractivity contribution in [1.82, 2.24) is 10.2 Å². The zero-order chi connectivity index (χ0) is 17.7. The summed E-state index contributed by atoms with van der Waals surface area (Å²) in [5, 5.41) is 4.77. The van der Waals surface area contributed by atoms with Crippen LogP contribution < -0.4 is 5.32 Å². The van der Waals surface area contributed by atoms with Crippen LogP contribution in [0.4, 0.5) is 0 Å². The number of halogens is 3. The number of rotatable bonds is 6. The van der Waals surface area contributed by atoms with E-state index in [-0.39, 0.29) is 18.5 Å². The summed E-state index contributed by atoms with van der Waals surface area (Å²) >= 11 is 17.9. The summed E-state index contributed by atoms with van der Waals surface area (Å²) in [7, 11) is 1.90. The van der Waals surface area contributed by atoms with E-state index >= 15 is 0 Å². The van der Waals surface area contributed by atoms with Gasteiger partial charge in [-0.3, -0.25) is 9.69 Å². The van der Waals surface area contributed by atoms with Crippen LogP contribution in [0.15, 0.2) is 42.5 Å². The number of nitrogens with one attached hydrogen (secondary N) is 1. The number of benzene rings is 2. The molecule has 1 amide bonds. The first-order valence-electron chi connectivity index (χ1n) is 7.52. The van der Waals surface area contributed by atoms with Gasteiger partial charge in [0, 0.05) is 21.6 Å². The van der Waals surface area contributed by atoms with E-state index in [0.29, 0.717) is 21.6 Å². The molecule has 0 spiro atoms. The summed E-state index contributed by atoms with van der Waals surface area (Å²) in [6.07, 6.45) is 0. The zero-order valence-electron chi connectivity index (χ0n) is 13.5. The molecule has 2 rings (SSSR count). The maximum atomic E-state index is 12.2. The standard InChI is InChI=1S/C18H19Cl3N2O/c1-12(16-8-7-15(20)9-17(16)21)22-18(24)11-23(2)10-13-3-5-14(19)6-4-13/h3-9,12H,10-11H2,1-2H3,(H,22,24)/t12-/m0/s1. The lowest BCUT2D eigenvalue weighted by Gasteiger charge is -2.20. The first-order valence-corrected chi connectivity index (χ1v) is 8.66. The Morgan fingerprint density at radius 3 is 2.33 bits per heavy atom. The van der Waals surface area contributed by atoms with Crippen molar-refractivity contribution in [3.63, 3.8) is 0 Å². The van der Waals surface area contributed by atoms with Crippen molar-refractivity contribution in [3.8, 4) is 0 Å². The van der Waals surface area contributed by atoms with Gasteiger partial charge in [0.1, 0.15) is 0 Å². The highest BCUT2D eigenvalue weighted by molar-refractivity contribution is 6.35. The van der Waals surface area contributed by atoms with Gasteiger partial charge in [-0.2, -0.15) is 0 Å². The second kappa shape index (κ2) is 8.72. The second-order valence-corrected chi connectivity index (χ2v) is 7.03. The lowest BCUT2D eigenvalue weighted by atomic mass is 10.1. The van der Waals surface area contributed by atoms with Gasteiger partial charge in [-0.1, -0.05) is 53.0 Å². The van der Waals surface area contributed by atoms with Crippen LogP contribution in [0.25, 0.3) is 0 Å². The number of hydrogen-bond acceptors (Lipinski definition) is 2. The van der Waals surface area contributed by atoms with E-state index < -0.39 is 0 Å². The molecular weight excluding hydrogens is 367 g/mol. The normalized spacial score (nSPS) is 12.2. The Balaban J connectivity index is 1.88. The van der Waals surface area contributed by atoms with E-state index in [9.17, 15) is 4.79 Å². The van der Waals surface area contributed by atoms with E-state index in [0.717, 1.165) is 11.1 Å². The molecule has 1 N–H and O–H groups in total. The Bertz CT molecular complexity index is 704. The van der Waals surface area contributed by atoms with Gasteiger partial charge in [-0.25, -0.2) is 0 Å². The summed E-state index contributed by atoms with van der Waals surface area (Å²) < 4.78 is 0. The third-order valence-electron chi connectivity index (χ3n) is 3.59. The Hall–Kier alpha value is -1.26. The molecule has 1 atom stereocenters. The van der Waals surface area contributed by atoms with Crippen LogP contribution in [0, 0.1) is 0 Å². The van der Waals surface area contributed by atoms with Crippen LogP contribution in [0.2, 0.25) is 15.1 Å². The van der Waals surface area contributed by atoms with Gasteiger partial charge in [-0.15, -0.1) is 0 Å². The second-order valence-electron chi connectivity index (χ2n) is 5.75. The van der Waals surface area contributed by atoms with Gasteiger partial charge in [-0.05, 0) is 49.4 Å². The Kier molecular flexibility index (Phi) is 6.93. The van der Waals surface area contributed by atoms with Crippen LogP contribution in [-0.4, -0.2) is 24.4 Å². The fourth-order valence-electron chi connectivity index (χ4n) is 2.42. The van der Waals surface area contributed by atoms with E-state index in [1.807, 2.05) is 49.2 Å². The average Bonchev–Trinajstić information content (AvgIpc) is 2.49. The van der Waals surface area contributed by atoms with Gasteiger partial charge in [0.15, 0.2) is 0 Å². The molecule has 0 aliphatic rings. The summed E-state index contributed by atoms with van der Waals surface area (Å²) in [5.74, 6) is -0.0648. The van der Waals surface area contributed by atoms with E-state index in [2.05, 4.69) is 5.32 Å². The molecule has 2 aromatic carbocycles. The van der Waals surface area contributed by atoms with Crippen LogP contribution in [0.5, 0.6) is 0 Å². The molecule has 24 heavy (non-hydrogen) atoms. The molecule has 0 saturated carbocycles. The van der Waals surface area contributed by atoms with Gasteiger partial charge in [0.05, 0.1) is 12.6 Å². The van der Waals surface area contributed by atoms with Crippen molar-refractivity contribution >= 4 is 40.7 Å². The average molecular weight is 386 g/mol. The number of hydrogen-bond donors (Lipinski definition) is 1. The molecule has 0 heterocycles.